The first-order chi connectivity index (χ1) is 7.26. The van der Waals surface area contributed by atoms with Gasteiger partial charge in [-0.05, 0) is 18.4 Å². The van der Waals surface area contributed by atoms with Crippen molar-refractivity contribution >= 4 is 11.3 Å². The molecule has 0 spiro atoms. The predicted molar refractivity (Wildman–Crippen MR) is 60.8 cm³/mol. The molecule has 0 saturated carbocycles. The van der Waals surface area contributed by atoms with Crippen molar-refractivity contribution in [3.8, 4) is 0 Å². The fourth-order valence-corrected chi connectivity index (χ4v) is 1.64. The largest absolute Gasteiger partial charge is 0.394 e. The minimum absolute atomic E-state index is 0.722. The van der Waals surface area contributed by atoms with E-state index in [0.717, 1.165) is 36.3 Å². The van der Waals surface area contributed by atoms with Crippen molar-refractivity contribution in [3.63, 3.8) is 0 Å². The van der Waals surface area contributed by atoms with Crippen molar-refractivity contribution < 1.29 is 0 Å². The lowest BCUT2D eigenvalue weighted by Gasteiger charge is -1.96. The highest BCUT2D eigenvalue weighted by molar-refractivity contribution is 5.67. The van der Waals surface area contributed by atoms with Crippen LogP contribution < -0.4 is 5.73 Å². The second-order valence-electron chi connectivity index (χ2n) is 3.69. The summed E-state index contributed by atoms with van der Waals surface area (Å²) in [6.07, 6.45) is 6.79. The van der Waals surface area contributed by atoms with E-state index in [1.807, 2.05) is 12.4 Å². The third kappa shape index (κ3) is 1.67. The molecule has 4 heteroatoms. The van der Waals surface area contributed by atoms with Gasteiger partial charge in [-0.15, -0.1) is 0 Å². The zero-order valence-corrected chi connectivity index (χ0v) is 9.20. The third-order valence-electron chi connectivity index (χ3n) is 2.53. The van der Waals surface area contributed by atoms with Gasteiger partial charge >= 0.3 is 0 Å². The predicted octanol–water partition coefficient (Wildman–Crippen LogP) is 1.83. The van der Waals surface area contributed by atoms with E-state index in [4.69, 9.17) is 5.73 Å². The molecule has 0 fully saturated rings. The molecule has 0 atom stereocenters. The molecule has 2 heterocycles. The molecule has 0 aliphatic heterocycles. The first-order valence-corrected chi connectivity index (χ1v) is 5.37. The maximum atomic E-state index is 5.97. The summed E-state index contributed by atoms with van der Waals surface area (Å²) in [5.74, 6) is 0. The van der Waals surface area contributed by atoms with Crippen molar-refractivity contribution in [2.45, 2.75) is 33.1 Å². The number of nitrogens with zero attached hydrogens (tertiary/aromatic N) is 3. The summed E-state index contributed by atoms with van der Waals surface area (Å²) in [5.41, 5.74) is 9.60. The number of aryl methyl sites for hydroxylation is 2. The maximum Gasteiger partial charge on any atom is 0.178 e. The van der Waals surface area contributed by atoms with Crippen LogP contribution in [0.4, 0.5) is 5.69 Å². The average Bonchev–Trinajstić information content (AvgIpc) is 2.56. The Balaban J connectivity index is 2.55. The van der Waals surface area contributed by atoms with Gasteiger partial charge in [-0.2, -0.15) is 5.10 Å². The molecule has 0 unspecified atom stereocenters. The van der Waals surface area contributed by atoms with Gasteiger partial charge in [0.05, 0.1) is 5.69 Å². The number of fused-ring (bicyclic) bond motifs is 1. The summed E-state index contributed by atoms with van der Waals surface area (Å²) in [6.45, 7) is 4.22. The second-order valence-corrected chi connectivity index (χ2v) is 3.69. The Bertz CT molecular complexity index is 473. The standard InChI is InChI=1S/C11H16N4/c1-3-5-9-10(12)11-13-6-8(4-2)7-15(11)14-9/h6-7H,3-5,12H2,1-2H3. The average molecular weight is 204 g/mol. The summed E-state index contributed by atoms with van der Waals surface area (Å²) in [5, 5.41) is 4.44. The lowest BCUT2D eigenvalue weighted by atomic mass is 10.2. The highest BCUT2D eigenvalue weighted by Gasteiger charge is 2.09. The fourth-order valence-electron chi connectivity index (χ4n) is 1.64. The minimum atomic E-state index is 0.722. The van der Waals surface area contributed by atoms with Crippen LogP contribution in [0.25, 0.3) is 5.65 Å². The van der Waals surface area contributed by atoms with Gasteiger partial charge in [0.2, 0.25) is 0 Å². The molecule has 80 valence electrons. The van der Waals surface area contributed by atoms with Crippen molar-refractivity contribution in [2.75, 3.05) is 5.73 Å². The van der Waals surface area contributed by atoms with Crippen LogP contribution in [0.5, 0.6) is 0 Å². The molecule has 0 aliphatic carbocycles. The van der Waals surface area contributed by atoms with E-state index < -0.39 is 0 Å². The van der Waals surface area contributed by atoms with E-state index in [2.05, 4.69) is 23.9 Å². The van der Waals surface area contributed by atoms with Gasteiger partial charge in [0.15, 0.2) is 5.65 Å². The number of nitrogen functional groups attached to an aromatic ring is 1. The minimum Gasteiger partial charge on any atom is -0.394 e. The van der Waals surface area contributed by atoms with Crippen LogP contribution in [0.1, 0.15) is 31.5 Å². The molecule has 0 amide bonds. The monoisotopic (exact) mass is 204 g/mol. The molecule has 2 aromatic heterocycles. The van der Waals surface area contributed by atoms with Crippen LogP contribution in [0.3, 0.4) is 0 Å². The van der Waals surface area contributed by atoms with E-state index in [1.54, 1.807) is 4.52 Å². The summed E-state index contributed by atoms with van der Waals surface area (Å²) in [7, 11) is 0. The molecular formula is C11H16N4. The lowest BCUT2D eigenvalue weighted by Crippen LogP contribution is -1.94. The van der Waals surface area contributed by atoms with Crippen molar-refractivity contribution in [1.29, 1.82) is 0 Å². The number of anilines is 1. The number of nitrogens with two attached hydrogens (primary N) is 1. The Morgan fingerprint density at radius 1 is 1.40 bits per heavy atom. The first kappa shape index (κ1) is 9.96. The van der Waals surface area contributed by atoms with E-state index in [-0.39, 0.29) is 0 Å². The normalized spacial score (nSPS) is 11.1. The highest BCUT2D eigenvalue weighted by atomic mass is 15.3. The van der Waals surface area contributed by atoms with Crippen LogP contribution in [0.2, 0.25) is 0 Å². The molecule has 0 radical (unpaired) electrons. The number of aromatic nitrogens is 3. The van der Waals surface area contributed by atoms with E-state index in [0.29, 0.717) is 0 Å². The third-order valence-corrected chi connectivity index (χ3v) is 2.53. The molecule has 2 rings (SSSR count). The second kappa shape index (κ2) is 3.88. The van der Waals surface area contributed by atoms with Crippen LogP contribution in [0, 0.1) is 0 Å². The SMILES string of the molecule is CCCc1nn2cc(CC)cnc2c1N. The summed E-state index contributed by atoms with van der Waals surface area (Å²) in [6, 6.07) is 0. The molecule has 0 aliphatic rings. The molecule has 0 bridgehead atoms. The summed E-state index contributed by atoms with van der Waals surface area (Å²) < 4.78 is 1.79. The Morgan fingerprint density at radius 2 is 2.20 bits per heavy atom. The number of rotatable bonds is 3. The maximum absolute atomic E-state index is 5.97. The quantitative estimate of drug-likeness (QED) is 0.829. The van der Waals surface area contributed by atoms with Gasteiger partial charge in [-0.3, -0.25) is 0 Å². The van der Waals surface area contributed by atoms with Gasteiger partial charge in [0.1, 0.15) is 5.69 Å². The van der Waals surface area contributed by atoms with Crippen molar-refractivity contribution in [1.82, 2.24) is 14.6 Å². The van der Waals surface area contributed by atoms with Gasteiger partial charge in [0.25, 0.3) is 0 Å². The molecular weight excluding hydrogens is 188 g/mol. The number of hydrogen-bond acceptors (Lipinski definition) is 3. The van der Waals surface area contributed by atoms with E-state index in [1.165, 1.54) is 5.56 Å². The lowest BCUT2D eigenvalue weighted by molar-refractivity contribution is 0.827. The van der Waals surface area contributed by atoms with Gasteiger partial charge in [-0.1, -0.05) is 20.3 Å². The molecule has 4 nitrogen and oxygen atoms in total. The Kier molecular flexibility index (Phi) is 2.58. The molecule has 0 aromatic carbocycles. The van der Waals surface area contributed by atoms with Crippen molar-refractivity contribution in [2.24, 2.45) is 0 Å². The smallest absolute Gasteiger partial charge is 0.178 e. The van der Waals surface area contributed by atoms with Crippen LogP contribution in [-0.4, -0.2) is 14.6 Å². The van der Waals surface area contributed by atoms with E-state index >= 15 is 0 Å². The zero-order valence-electron chi connectivity index (χ0n) is 9.20. The summed E-state index contributed by atoms with van der Waals surface area (Å²) in [4.78, 5) is 4.33. The summed E-state index contributed by atoms with van der Waals surface area (Å²) >= 11 is 0. The molecule has 0 saturated heterocycles. The Hall–Kier alpha value is -1.58. The molecule has 2 N–H and O–H groups in total. The van der Waals surface area contributed by atoms with Crippen LogP contribution >= 0.6 is 0 Å². The molecule has 2 aromatic rings. The number of hydrogen-bond donors (Lipinski definition) is 1. The van der Waals surface area contributed by atoms with E-state index in [9.17, 15) is 0 Å². The first-order valence-electron chi connectivity index (χ1n) is 5.37. The van der Waals surface area contributed by atoms with Crippen LogP contribution in [-0.2, 0) is 12.8 Å². The molecule has 15 heavy (non-hydrogen) atoms. The zero-order chi connectivity index (χ0) is 10.8. The fraction of sp³-hybridized carbons (Fsp3) is 0.455. The van der Waals surface area contributed by atoms with Gasteiger partial charge in [-0.25, -0.2) is 9.50 Å². The van der Waals surface area contributed by atoms with Gasteiger partial charge < -0.3 is 5.73 Å². The van der Waals surface area contributed by atoms with Crippen LogP contribution in [0.15, 0.2) is 12.4 Å². The topological polar surface area (TPSA) is 56.2 Å². The highest BCUT2D eigenvalue weighted by Crippen LogP contribution is 2.17. The van der Waals surface area contributed by atoms with Gasteiger partial charge in [0, 0.05) is 12.4 Å². The van der Waals surface area contributed by atoms with Crippen molar-refractivity contribution in [3.05, 3.63) is 23.7 Å². The Labute approximate surface area is 89.1 Å². The Morgan fingerprint density at radius 3 is 2.87 bits per heavy atom.